The molecule has 2 heterocycles. The van der Waals surface area contributed by atoms with E-state index >= 15 is 0 Å². The van der Waals surface area contributed by atoms with Crippen LogP contribution in [0.3, 0.4) is 0 Å². The number of methoxy groups -OCH3 is 2. The van der Waals surface area contributed by atoms with Crippen molar-refractivity contribution in [2.24, 2.45) is 7.05 Å². The lowest BCUT2D eigenvalue weighted by atomic mass is 10.1. The highest BCUT2D eigenvalue weighted by molar-refractivity contribution is 7.99. The molecule has 11 heteroatoms. The molecule has 0 saturated carbocycles. The summed E-state index contributed by atoms with van der Waals surface area (Å²) in [6.45, 7) is 0. The molecule has 0 atom stereocenters. The molecule has 9 nitrogen and oxygen atoms in total. The van der Waals surface area contributed by atoms with Crippen molar-refractivity contribution in [1.82, 2.24) is 14.8 Å². The van der Waals surface area contributed by atoms with Gasteiger partial charge in [-0.05, 0) is 29.6 Å². The predicted molar refractivity (Wildman–Crippen MR) is 117 cm³/mol. The second-order valence-electron chi connectivity index (χ2n) is 6.33. The van der Waals surface area contributed by atoms with Crippen LogP contribution in [0.1, 0.15) is 31.4 Å². The smallest absolute Gasteiger partial charge is 0.337 e. The number of hydrogen-bond donors (Lipinski definition) is 1. The van der Waals surface area contributed by atoms with Gasteiger partial charge >= 0.3 is 11.9 Å². The Bertz CT molecular complexity index is 1060. The van der Waals surface area contributed by atoms with E-state index in [9.17, 15) is 14.4 Å². The molecule has 1 N–H and O–H groups in total. The van der Waals surface area contributed by atoms with Gasteiger partial charge in [0.05, 0.1) is 31.1 Å². The van der Waals surface area contributed by atoms with E-state index in [0.29, 0.717) is 11.6 Å². The van der Waals surface area contributed by atoms with Gasteiger partial charge in [-0.3, -0.25) is 4.79 Å². The third kappa shape index (κ3) is 5.70. The standard InChI is InChI=1S/C20H20N4O5S2/c1-24-16(10-15-5-4-6-30-15)22-23-20(24)31-11-17(25)21-14-8-12(18(26)28-2)7-13(9-14)19(27)29-3/h4-9H,10-11H2,1-3H3,(H,21,25). The summed E-state index contributed by atoms with van der Waals surface area (Å²) in [5.74, 6) is -0.716. The summed E-state index contributed by atoms with van der Waals surface area (Å²) < 4.78 is 11.2. The fourth-order valence-corrected chi connectivity index (χ4v) is 4.12. The van der Waals surface area contributed by atoms with Gasteiger partial charge in [-0.2, -0.15) is 0 Å². The molecule has 31 heavy (non-hydrogen) atoms. The number of amides is 1. The number of nitrogens with zero attached hydrogens (tertiary/aromatic N) is 3. The van der Waals surface area contributed by atoms with Crippen LogP contribution < -0.4 is 5.32 Å². The number of thioether (sulfide) groups is 1. The number of carbonyl (C=O) groups excluding carboxylic acids is 3. The van der Waals surface area contributed by atoms with E-state index in [-0.39, 0.29) is 28.5 Å². The number of thiophene rings is 1. The van der Waals surface area contributed by atoms with Crippen molar-refractivity contribution in [1.29, 1.82) is 0 Å². The molecular formula is C20H20N4O5S2. The van der Waals surface area contributed by atoms with E-state index in [1.165, 1.54) is 49.1 Å². The summed E-state index contributed by atoms with van der Waals surface area (Å²) >= 11 is 2.88. The molecule has 0 fully saturated rings. The third-order valence-corrected chi connectivity index (χ3v) is 6.13. The van der Waals surface area contributed by atoms with Crippen molar-refractivity contribution >= 4 is 46.6 Å². The Hall–Kier alpha value is -3.18. The zero-order valence-electron chi connectivity index (χ0n) is 17.1. The molecule has 3 rings (SSSR count). The highest BCUT2D eigenvalue weighted by Crippen LogP contribution is 2.21. The average Bonchev–Trinajstić information content (AvgIpc) is 3.41. The van der Waals surface area contributed by atoms with Crippen LogP contribution in [0, 0.1) is 0 Å². The summed E-state index contributed by atoms with van der Waals surface area (Å²) in [6, 6.07) is 8.23. The van der Waals surface area contributed by atoms with Crippen LogP contribution in [0.15, 0.2) is 40.9 Å². The number of hydrogen-bond acceptors (Lipinski definition) is 9. The van der Waals surface area contributed by atoms with Gasteiger partial charge in [-0.1, -0.05) is 17.8 Å². The number of nitrogens with one attached hydrogen (secondary N) is 1. The van der Waals surface area contributed by atoms with Gasteiger partial charge < -0.3 is 19.4 Å². The van der Waals surface area contributed by atoms with E-state index in [0.717, 1.165) is 5.82 Å². The fraction of sp³-hybridized carbons (Fsp3) is 0.250. The number of ether oxygens (including phenoxy) is 2. The summed E-state index contributed by atoms with van der Waals surface area (Å²) in [4.78, 5) is 37.4. The number of benzene rings is 1. The van der Waals surface area contributed by atoms with Crippen molar-refractivity contribution in [3.8, 4) is 0 Å². The van der Waals surface area contributed by atoms with Crippen LogP contribution in [0.5, 0.6) is 0 Å². The Balaban J connectivity index is 1.66. The molecule has 0 bridgehead atoms. The van der Waals surface area contributed by atoms with E-state index in [1.54, 1.807) is 11.3 Å². The van der Waals surface area contributed by atoms with Crippen LogP contribution >= 0.6 is 23.1 Å². The molecule has 0 radical (unpaired) electrons. The minimum absolute atomic E-state index is 0.0704. The minimum atomic E-state index is -0.631. The molecule has 0 unspecified atom stereocenters. The number of anilines is 1. The number of rotatable bonds is 8. The Kier molecular flexibility index (Phi) is 7.42. The normalized spacial score (nSPS) is 10.5. The maximum Gasteiger partial charge on any atom is 0.337 e. The fourth-order valence-electron chi connectivity index (χ4n) is 2.69. The second-order valence-corrected chi connectivity index (χ2v) is 8.31. The van der Waals surface area contributed by atoms with Crippen molar-refractivity contribution in [2.75, 3.05) is 25.3 Å². The van der Waals surface area contributed by atoms with Crippen LogP contribution in [0.25, 0.3) is 0 Å². The van der Waals surface area contributed by atoms with Crippen molar-refractivity contribution < 1.29 is 23.9 Å². The average molecular weight is 461 g/mol. The Morgan fingerprint density at radius 1 is 1.10 bits per heavy atom. The molecule has 3 aromatic rings. The second kappa shape index (κ2) is 10.2. The summed E-state index contributed by atoms with van der Waals surface area (Å²) in [5, 5.41) is 13.6. The summed E-state index contributed by atoms with van der Waals surface area (Å²) in [7, 11) is 4.32. The first-order chi connectivity index (χ1) is 14.9. The van der Waals surface area contributed by atoms with Gasteiger partial charge in [-0.25, -0.2) is 9.59 Å². The first-order valence-corrected chi connectivity index (χ1v) is 10.9. The monoisotopic (exact) mass is 460 g/mol. The summed E-state index contributed by atoms with van der Waals surface area (Å²) in [6.07, 6.45) is 0.671. The molecule has 0 aliphatic heterocycles. The molecule has 0 aliphatic carbocycles. The van der Waals surface area contributed by atoms with E-state index in [4.69, 9.17) is 9.47 Å². The molecule has 0 saturated heterocycles. The van der Waals surface area contributed by atoms with E-state index in [2.05, 4.69) is 15.5 Å². The minimum Gasteiger partial charge on any atom is -0.465 e. The van der Waals surface area contributed by atoms with Crippen LogP contribution in [0.2, 0.25) is 0 Å². The van der Waals surface area contributed by atoms with Crippen molar-refractivity contribution in [3.63, 3.8) is 0 Å². The molecule has 0 spiro atoms. The largest absolute Gasteiger partial charge is 0.465 e. The first-order valence-electron chi connectivity index (χ1n) is 9.06. The van der Waals surface area contributed by atoms with Gasteiger partial charge in [0.2, 0.25) is 5.91 Å². The predicted octanol–water partition coefficient (Wildman–Crippen LogP) is 2.77. The van der Waals surface area contributed by atoms with Crippen LogP contribution in [0.4, 0.5) is 5.69 Å². The van der Waals surface area contributed by atoms with Gasteiger partial charge in [0.15, 0.2) is 5.16 Å². The maximum atomic E-state index is 12.4. The maximum absolute atomic E-state index is 12.4. The molecular weight excluding hydrogens is 440 g/mol. The van der Waals surface area contributed by atoms with Gasteiger partial charge in [0, 0.05) is 24.0 Å². The van der Waals surface area contributed by atoms with Gasteiger partial charge in [0.25, 0.3) is 0 Å². The number of esters is 2. The van der Waals surface area contributed by atoms with Crippen molar-refractivity contribution in [3.05, 3.63) is 57.5 Å². The van der Waals surface area contributed by atoms with E-state index < -0.39 is 11.9 Å². The summed E-state index contributed by atoms with van der Waals surface area (Å²) in [5.41, 5.74) is 0.532. The van der Waals surface area contributed by atoms with Crippen LogP contribution in [-0.4, -0.2) is 52.6 Å². The SMILES string of the molecule is COC(=O)c1cc(NC(=O)CSc2nnc(Cc3cccs3)n2C)cc(C(=O)OC)c1. The zero-order chi connectivity index (χ0) is 22.4. The number of carbonyl (C=O) groups is 3. The first kappa shape index (κ1) is 22.5. The third-order valence-electron chi connectivity index (χ3n) is 4.23. The lowest BCUT2D eigenvalue weighted by molar-refractivity contribution is -0.113. The quantitative estimate of drug-likeness (QED) is 0.403. The highest BCUT2D eigenvalue weighted by Gasteiger charge is 2.16. The van der Waals surface area contributed by atoms with E-state index in [1.807, 2.05) is 29.1 Å². The van der Waals surface area contributed by atoms with Gasteiger partial charge in [-0.15, -0.1) is 21.5 Å². The number of aromatic nitrogens is 3. The highest BCUT2D eigenvalue weighted by atomic mass is 32.2. The Labute approximate surface area is 186 Å². The van der Waals surface area contributed by atoms with Crippen LogP contribution in [-0.2, 0) is 27.7 Å². The molecule has 2 aromatic heterocycles. The molecule has 1 amide bonds. The Morgan fingerprint density at radius 2 is 1.77 bits per heavy atom. The van der Waals surface area contributed by atoms with Crippen molar-refractivity contribution in [2.45, 2.75) is 11.6 Å². The molecule has 1 aromatic carbocycles. The zero-order valence-corrected chi connectivity index (χ0v) is 18.7. The lowest BCUT2D eigenvalue weighted by Gasteiger charge is -2.09. The lowest BCUT2D eigenvalue weighted by Crippen LogP contribution is -2.16. The van der Waals surface area contributed by atoms with Gasteiger partial charge in [0.1, 0.15) is 5.82 Å². The Morgan fingerprint density at radius 3 is 2.35 bits per heavy atom. The topological polar surface area (TPSA) is 112 Å². The molecule has 0 aliphatic rings. The molecule has 162 valence electrons.